The van der Waals surface area contributed by atoms with Crippen LogP contribution in [0.2, 0.25) is 0 Å². The summed E-state index contributed by atoms with van der Waals surface area (Å²) < 4.78 is 21.2. The number of nitrogens with one attached hydrogen (secondary N) is 1. The normalized spacial score (nSPS) is 15.4. The molecule has 6 aromatic carbocycles. The van der Waals surface area contributed by atoms with Gasteiger partial charge < -0.3 is 49.2 Å². The summed E-state index contributed by atoms with van der Waals surface area (Å²) in [7, 11) is 11.1. The highest BCUT2D eigenvalue weighted by atomic mass is 16.6. The number of piperidine rings is 1. The van der Waals surface area contributed by atoms with Crippen molar-refractivity contribution in [2.24, 2.45) is 16.7 Å². The number of hydrogen-bond acceptors (Lipinski definition) is 15. The van der Waals surface area contributed by atoms with Crippen LogP contribution in [0.5, 0.6) is 23.0 Å². The summed E-state index contributed by atoms with van der Waals surface area (Å²) in [6.45, 7) is 12.8. The average molecular weight is 1150 g/mol. The van der Waals surface area contributed by atoms with Gasteiger partial charge in [-0.3, -0.25) is 24.5 Å². The SMILES string of the molecule is CCOC(=O)C(C(=O)OCC)C(C)(C)C(C#N)(CCCN(C)C)c1cccc(OC)c1.COc1cccc(C2(CCCN(C)C)C(=O)NC(=O)CC2(C)C)c1.O=C(O)c1cc2ccccc2c(Cc2c(O)c(C(=O)O)cc3ccccc23)c1O. The number of carbonyl (C=O) groups is 6. The van der Waals surface area contributed by atoms with Gasteiger partial charge in [-0.15, -0.1) is 0 Å². The van der Waals surface area contributed by atoms with Gasteiger partial charge in [-0.2, -0.15) is 5.26 Å². The molecule has 1 saturated heterocycles. The number of rotatable bonds is 22. The standard InChI is InChI=1S/C24H36N2O5.C23H16O6.C19H28N2O3/c1-8-30-21(27)20(22(28)31-9-2)23(3,4)24(17-25,14-11-15-26(5)6)18-12-10-13-19(16-18)29-7;24-20-16(14-7-3-1-5-12(14)9-18(20)22(26)27)11-17-15-8-4-2-6-13(15)10-19(21(17)25)23(28)29;1-18(2)13-16(22)20-17(23)19(18,10-7-11-21(3)4)14-8-6-9-15(12-14)24-5/h10,12-13,16,20H,8-9,11,14-15H2,1-7H3;1-10,24-25H,11H2,(H,26,27)(H,28,29);6,8-9,12H,7,10-11,13H2,1-5H3,(H,20,22,23). The van der Waals surface area contributed by atoms with Crippen molar-refractivity contribution in [3.8, 4) is 29.1 Å². The predicted octanol–water partition coefficient (Wildman–Crippen LogP) is 10.3. The first-order valence-corrected chi connectivity index (χ1v) is 27.8. The van der Waals surface area contributed by atoms with Crippen LogP contribution in [-0.4, -0.2) is 135 Å². The van der Waals surface area contributed by atoms with Crippen LogP contribution in [0.25, 0.3) is 21.5 Å². The number of nitrogens with zero attached hydrogens (tertiary/aromatic N) is 3. The molecule has 18 heteroatoms. The average Bonchev–Trinajstić information content (AvgIpc) is 0.967. The molecule has 0 radical (unpaired) electrons. The number of carboxylic acids is 2. The van der Waals surface area contributed by atoms with Crippen molar-refractivity contribution in [3.05, 3.63) is 143 Å². The largest absolute Gasteiger partial charge is 0.507 e. The Morgan fingerprint density at radius 3 is 1.62 bits per heavy atom. The Labute approximate surface area is 491 Å². The second-order valence-corrected chi connectivity index (χ2v) is 22.5. The van der Waals surface area contributed by atoms with E-state index in [1.54, 1.807) is 103 Å². The van der Waals surface area contributed by atoms with E-state index in [0.717, 1.165) is 30.8 Å². The summed E-state index contributed by atoms with van der Waals surface area (Å²) in [5, 5.41) is 55.9. The number of imide groups is 1. The molecule has 5 N–H and O–H groups in total. The van der Waals surface area contributed by atoms with E-state index < -0.39 is 63.0 Å². The maximum Gasteiger partial charge on any atom is 0.339 e. The minimum absolute atomic E-state index is 0.0407. The van der Waals surface area contributed by atoms with Gasteiger partial charge in [-0.05, 0) is 155 Å². The molecule has 18 nitrogen and oxygen atoms in total. The van der Waals surface area contributed by atoms with Crippen LogP contribution in [0.15, 0.2) is 109 Å². The molecule has 1 aliphatic heterocycles. The maximum atomic E-state index is 13.0. The Bertz CT molecular complexity index is 3280. The number of esters is 2. The summed E-state index contributed by atoms with van der Waals surface area (Å²) in [6, 6.07) is 34.2. The first kappa shape index (κ1) is 66.3. The number of benzene rings is 6. The predicted molar refractivity (Wildman–Crippen MR) is 321 cm³/mol. The van der Waals surface area contributed by atoms with E-state index in [1.165, 1.54) is 12.1 Å². The third-order valence-corrected chi connectivity index (χ3v) is 16.0. The van der Waals surface area contributed by atoms with Crippen molar-refractivity contribution >= 4 is 57.2 Å². The van der Waals surface area contributed by atoms with Crippen LogP contribution < -0.4 is 14.8 Å². The highest BCUT2D eigenvalue weighted by Crippen LogP contribution is 2.52. The molecule has 1 fully saturated rings. The number of carbonyl (C=O) groups excluding carboxylic acids is 4. The second kappa shape index (κ2) is 28.6. The van der Waals surface area contributed by atoms with Gasteiger partial charge in [-0.25, -0.2) is 9.59 Å². The Balaban J connectivity index is 0.000000232. The molecule has 1 heterocycles. The van der Waals surface area contributed by atoms with E-state index >= 15 is 0 Å². The summed E-state index contributed by atoms with van der Waals surface area (Å²) >= 11 is 0. The number of nitriles is 1. The van der Waals surface area contributed by atoms with Crippen molar-refractivity contribution in [2.45, 2.75) is 90.9 Å². The van der Waals surface area contributed by atoms with Crippen molar-refractivity contribution in [2.75, 3.05) is 68.7 Å². The lowest BCUT2D eigenvalue weighted by Gasteiger charge is -2.48. The zero-order chi connectivity index (χ0) is 62.3. The first-order chi connectivity index (χ1) is 39.7. The third-order valence-electron chi connectivity index (χ3n) is 16.0. The van der Waals surface area contributed by atoms with Gasteiger partial charge in [-0.1, -0.05) is 100 Å². The molecule has 2 atom stereocenters. The monoisotopic (exact) mass is 1150 g/mol. The van der Waals surface area contributed by atoms with E-state index in [9.17, 15) is 54.5 Å². The van der Waals surface area contributed by atoms with Crippen LogP contribution in [0, 0.1) is 28.1 Å². The number of aromatic carboxylic acids is 2. The summed E-state index contributed by atoms with van der Waals surface area (Å²) in [6.07, 6.45) is 2.98. The summed E-state index contributed by atoms with van der Waals surface area (Å²) in [4.78, 5) is 78.2. The smallest absolute Gasteiger partial charge is 0.339 e. The quantitative estimate of drug-likeness (QED) is 0.0240. The van der Waals surface area contributed by atoms with Crippen LogP contribution in [-0.2, 0) is 45.9 Å². The van der Waals surface area contributed by atoms with Gasteiger partial charge in [0.05, 0.1) is 44.3 Å². The van der Waals surface area contributed by atoms with Crippen LogP contribution in [0.4, 0.5) is 0 Å². The van der Waals surface area contributed by atoms with Crippen molar-refractivity contribution < 1.29 is 68.1 Å². The molecule has 7 rings (SSSR count). The number of methoxy groups -OCH3 is 2. The molecule has 2 unspecified atom stereocenters. The number of phenols is 2. The molecule has 0 bridgehead atoms. The number of hydrogen-bond donors (Lipinski definition) is 5. The molecule has 448 valence electrons. The Morgan fingerprint density at radius 1 is 0.690 bits per heavy atom. The number of carboxylic acid groups (broad SMARTS) is 2. The highest BCUT2D eigenvalue weighted by Gasteiger charge is 2.58. The molecule has 0 aromatic heterocycles. The van der Waals surface area contributed by atoms with Gasteiger partial charge in [0, 0.05) is 29.4 Å². The molecule has 0 aliphatic carbocycles. The Kier molecular flexibility index (Phi) is 22.6. The molecule has 0 spiro atoms. The van der Waals surface area contributed by atoms with Crippen LogP contribution in [0.1, 0.15) is 117 Å². The van der Waals surface area contributed by atoms with E-state index in [-0.39, 0.29) is 42.6 Å². The maximum absolute atomic E-state index is 13.0. The topological polar surface area (TPSA) is 263 Å². The number of amides is 2. The van der Waals surface area contributed by atoms with Gasteiger partial charge in [0.1, 0.15) is 34.1 Å². The molecular weight excluding hydrogens is 1070 g/mol. The fraction of sp³-hybridized carbons (Fsp3) is 0.409. The van der Waals surface area contributed by atoms with Gasteiger partial charge in [0.15, 0.2) is 5.92 Å². The minimum Gasteiger partial charge on any atom is -0.507 e. The fourth-order valence-electron chi connectivity index (χ4n) is 11.5. The van der Waals surface area contributed by atoms with Crippen LogP contribution >= 0.6 is 0 Å². The lowest BCUT2D eigenvalue weighted by atomic mass is 9.55. The van der Waals surface area contributed by atoms with E-state index in [4.69, 9.17) is 18.9 Å². The van der Waals surface area contributed by atoms with E-state index in [2.05, 4.69) is 16.3 Å². The van der Waals surface area contributed by atoms with Crippen molar-refractivity contribution in [1.82, 2.24) is 15.1 Å². The lowest BCUT2D eigenvalue weighted by Crippen LogP contribution is -2.61. The van der Waals surface area contributed by atoms with Gasteiger partial charge in [0.2, 0.25) is 11.8 Å². The van der Waals surface area contributed by atoms with E-state index in [1.807, 2.05) is 83.3 Å². The molecule has 6 aromatic rings. The van der Waals surface area contributed by atoms with Crippen LogP contribution in [0.3, 0.4) is 0 Å². The minimum atomic E-state index is -1.28. The first-order valence-electron chi connectivity index (χ1n) is 27.8. The van der Waals surface area contributed by atoms with Crippen molar-refractivity contribution in [1.29, 1.82) is 5.26 Å². The third kappa shape index (κ3) is 14.4. The summed E-state index contributed by atoms with van der Waals surface area (Å²) in [5.41, 5.74) is -1.79. The number of ether oxygens (including phenoxy) is 4. The fourth-order valence-corrected chi connectivity index (χ4v) is 11.5. The van der Waals surface area contributed by atoms with Crippen molar-refractivity contribution in [3.63, 3.8) is 0 Å². The summed E-state index contributed by atoms with van der Waals surface area (Å²) in [5.74, 6) is -5.04. The number of aromatic hydroxyl groups is 2. The zero-order valence-electron chi connectivity index (χ0n) is 50.3. The molecule has 1 aliphatic rings. The van der Waals surface area contributed by atoms with E-state index in [0.29, 0.717) is 69.7 Å². The van der Waals surface area contributed by atoms with Gasteiger partial charge >= 0.3 is 23.9 Å². The molecule has 0 saturated carbocycles. The number of fused-ring (bicyclic) bond motifs is 2. The Hall–Kier alpha value is -8.53. The molecular formula is C66H80N4O14. The molecule has 84 heavy (non-hydrogen) atoms. The Morgan fingerprint density at radius 2 is 1.17 bits per heavy atom. The zero-order valence-corrected chi connectivity index (χ0v) is 50.3. The van der Waals surface area contributed by atoms with Gasteiger partial charge in [0.25, 0.3) is 0 Å². The highest BCUT2D eigenvalue weighted by molar-refractivity contribution is 6.05. The molecule has 2 amide bonds. The second-order valence-electron chi connectivity index (χ2n) is 22.5. The lowest BCUT2D eigenvalue weighted by molar-refractivity contribution is -0.169.